The van der Waals surface area contributed by atoms with Gasteiger partial charge in [-0.1, -0.05) is 19.9 Å². The van der Waals surface area contributed by atoms with Crippen LogP contribution in [-0.4, -0.2) is 17.4 Å². The fourth-order valence-corrected chi connectivity index (χ4v) is 2.70. The predicted molar refractivity (Wildman–Crippen MR) is 74.0 cm³/mol. The highest BCUT2D eigenvalue weighted by Crippen LogP contribution is 2.29. The van der Waals surface area contributed by atoms with E-state index in [0.29, 0.717) is 25.9 Å². The van der Waals surface area contributed by atoms with Crippen LogP contribution in [0.5, 0.6) is 0 Å². The van der Waals surface area contributed by atoms with E-state index < -0.39 is 5.41 Å². The van der Waals surface area contributed by atoms with Gasteiger partial charge in [-0.25, -0.2) is 0 Å². The van der Waals surface area contributed by atoms with Gasteiger partial charge < -0.3 is 4.90 Å². The van der Waals surface area contributed by atoms with E-state index in [9.17, 15) is 10.1 Å². The molecular formula is C14H20N2OS. The Kier molecular flexibility index (Phi) is 5.36. The monoisotopic (exact) mass is 264 g/mol. The third-order valence-electron chi connectivity index (χ3n) is 3.43. The van der Waals surface area contributed by atoms with Crippen LogP contribution < -0.4 is 0 Å². The normalized spacial score (nSPS) is 11.0. The molecule has 0 bridgehead atoms. The summed E-state index contributed by atoms with van der Waals surface area (Å²) in [5, 5.41) is 11.3. The van der Waals surface area contributed by atoms with E-state index in [-0.39, 0.29) is 5.91 Å². The van der Waals surface area contributed by atoms with E-state index in [1.807, 2.05) is 38.3 Å². The predicted octanol–water partition coefficient (Wildman–Crippen LogP) is 3.43. The SMILES string of the molecule is CCN(Cc1cccs1)C(=O)C(C#N)(CC)CC. The van der Waals surface area contributed by atoms with Crippen LogP contribution in [0.1, 0.15) is 38.5 Å². The van der Waals surface area contributed by atoms with Crippen LogP contribution >= 0.6 is 11.3 Å². The van der Waals surface area contributed by atoms with Crippen molar-refractivity contribution in [2.45, 2.75) is 40.2 Å². The van der Waals surface area contributed by atoms with Gasteiger partial charge in [-0.15, -0.1) is 11.3 Å². The van der Waals surface area contributed by atoms with Crippen molar-refractivity contribution in [2.75, 3.05) is 6.54 Å². The van der Waals surface area contributed by atoms with Crippen LogP contribution in [0.4, 0.5) is 0 Å². The molecule has 0 aliphatic rings. The van der Waals surface area contributed by atoms with Gasteiger partial charge >= 0.3 is 0 Å². The lowest BCUT2D eigenvalue weighted by atomic mass is 9.82. The molecule has 0 radical (unpaired) electrons. The molecule has 0 spiro atoms. The zero-order valence-corrected chi connectivity index (χ0v) is 12.1. The van der Waals surface area contributed by atoms with E-state index >= 15 is 0 Å². The van der Waals surface area contributed by atoms with Crippen molar-refractivity contribution in [1.82, 2.24) is 4.90 Å². The quantitative estimate of drug-likeness (QED) is 0.790. The third-order valence-corrected chi connectivity index (χ3v) is 4.29. The second-order valence-corrected chi connectivity index (χ2v) is 5.33. The van der Waals surface area contributed by atoms with Gasteiger partial charge in [0.15, 0.2) is 0 Å². The summed E-state index contributed by atoms with van der Waals surface area (Å²) in [5.41, 5.74) is -0.854. The van der Waals surface area contributed by atoms with Crippen LogP contribution in [0.15, 0.2) is 17.5 Å². The standard InChI is InChI=1S/C14H20N2OS/c1-4-14(5-2,11-15)13(17)16(6-3)10-12-8-7-9-18-12/h7-9H,4-6,10H2,1-3H3. The highest BCUT2D eigenvalue weighted by Gasteiger charge is 2.37. The van der Waals surface area contributed by atoms with Gasteiger partial charge in [0.05, 0.1) is 12.6 Å². The van der Waals surface area contributed by atoms with E-state index in [4.69, 9.17) is 0 Å². The van der Waals surface area contributed by atoms with Gasteiger partial charge in [-0.2, -0.15) is 5.26 Å². The number of thiophene rings is 1. The number of nitrogens with zero attached hydrogens (tertiary/aromatic N) is 2. The zero-order chi connectivity index (χ0) is 13.6. The Balaban J connectivity index is 2.88. The van der Waals surface area contributed by atoms with Crippen molar-refractivity contribution in [2.24, 2.45) is 5.41 Å². The minimum Gasteiger partial charge on any atom is -0.336 e. The molecule has 0 aromatic carbocycles. The van der Waals surface area contributed by atoms with E-state index in [1.165, 1.54) is 0 Å². The Morgan fingerprint density at radius 1 is 1.44 bits per heavy atom. The van der Waals surface area contributed by atoms with Gasteiger partial charge in [0.25, 0.3) is 0 Å². The Bertz CT molecular complexity index is 416. The Morgan fingerprint density at radius 3 is 2.50 bits per heavy atom. The zero-order valence-electron chi connectivity index (χ0n) is 11.3. The first-order chi connectivity index (χ1) is 8.63. The van der Waals surface area contributed by atoms with Crippen molar-refractivity contribution in [1.29, 1.82) is 5.26 Å². The van der Waals surface area contributed by atoms with Gasteiger partial charge in [-0.05, 0) is 31.2 Å². The number of carbonyl (C=O) groups is 1. The molecule has 0 saturated heterocycles. The lowest BCUT2D eigenvalue weighted by molar-refractivity contribution is -0.139. The number of carbonyl (C=O) groups excluding carboxylic acids is 1. The average Bonchev–Trinajstić information content (AvgIpc) is 2.91. The first-order valence-electron chi connectivity index (χ1n) is 6.36. The smallest absolute Gasteiger partial charge is 0.243 e. The summed E-state index contributed by atoms with van der Waals surface area (Å²) in [7, 11) is 0. The summed E-state index contributed by atoms with van der Waals surface area (Å²) in [4.78, 5) is 15.5. The average molecular weight is 264 g/mol. The maximum Gasteiger partial charge on any atom is 0.243 e. The van der Waals surface area contributed by atoms with Crippen molar-refractivity contribution >= 4 is 17.2 Å². The minimum atomic E-state index is -0.854. The van der Waals surface area contributed by atoms with Crippen LogP contribution in [0, 0.1) is 16.7 Å². The summed E-state index contributed by atoms with van der Waals surface area (Å²) in [6, 6.07) is 6.22. The van der Waals surface area contributed by atoms with Gasteiger partial charge in [0.1, 0.15) is 5.41 Å². The largest absolute Gasteiger partial charge is 0.336 e. The second-order valence-electron chi connectivity index (χ2n) is 4.30. The summed E-state index contributed by atoms with van der Waals surface area (Å²) in [6.45, 7) is 7.02. The van der Waals surface area contributed by atoms with Crippen LogP contribution in [0.3, 0.4) is 0 Å². The van der Waals surface area contributed by atoms with Gasteiger partial charge in [0.2, 0.25) is 5.91 Å². The number of hydrogen-bond acceptors (Lipinski definition) is 3. The maximum atomic E-state index is 12.5. The molecule has 0 aliphatic heterocycles. The molecule has 18 heavy (non-hydrogen) atoms. The highest BCUT2D eigenvalue weighted by molar-refractivity contribution is 7.09. The van der Waals surface area contributed by atoms with Crippen molar-refractivity contribution in [3.63, 3.8) is 0 Å². The molecule has 98 valence electrons. The topological polar surface area (TPSA) is 44.1 Å². The minimum absolute atomic E-state index is 0.0362. The second kappa shape index (κ2) is 6.55. The fraction of sp³-hybridized carbons (Fsp3) is 0.571. The van der Waals surface area contributed by atoms with Crippen LogP contribution in [0.2, 0.25) is 0 Å². The van der Waals surface area contributed by atoms with Crippen molar-refractivity contribution < 1.29 is 4.79 Å². The summed E-state index contributed by atoms with van der Waals surface area (Å²) < 4.78 is 0. The van der Waals surface area contributed by atoms with E-state index in [2.05, 4.69) is 6.07 Å². The molecule has 0 unspecified atom stereocenters. The maximum absolute atomic E-state index is 12.5. The van der Waals surface area contributed by atoms with Crippen molar-refractivity contribution in [3.8, 4) is 6.07 Å². The first-order valence-corrected chi connectivity index (χ1v) is 7.24. The Labute approximate surface area is 113 Å². The molecule has 0 fully saturated rings. The van der Waals surface area contributed by atoms with Gasteiger partial charge in [-0.3, -0.25) is 4.79 Å². The molecule has 1 heterocycles. The van der Waals surface area contributed by atoms with Crippen LogP contribution in [0.25, 0.3) is 0 Å². The Morgan fingerprint density at radius 2 is 2.11 bits per heavy atom. The number of amides is 1. The molecule has 0 N–H and O–H groups in total. The number of rotatable bonds is 6. The lowest BCUT2D eigenvalue weighted by Crippen LogP contribution is -2.42. The fourth-order valence-electron chi connectivity index (χ4n) is 1.98. The molecule has 0 atom stereocenters. The number of nitriles is 1. The molecular weight excluding hydrogens is 244 g/mol. The highest BCUT2D eigenvalue weighted by atomic mass is 32.1. The summed E-state index contributed by atoms with van der Waals surface area (Å²) in [5.74, 6) is -0.0362. The molecule has 1 rings (SSSR count). The lowest BCUT2D eigenvalue weighted by Gasteiger charge is -2.30. The number of hydrogen-bond donors (Lipinski definition) is 0. The molecule has 0 aliphatic carbocycles. The summed E-state index contributed by atoms with van der Waals surface area (Å²) in [6.07, 6.45) is 1.14. The van der Waals surface area contributed by atoms with Crippen molar-refractivity contribution in [3.05, 3.63) is 22.4 Å². The molecule has 4 heteroatoms. The molecule has 1 amide bonds. The van der Waals surface area contributed by atoms with Crippen LogP contribution in [-0.2, 0) is 11.3 Å². The van der Waals surface area contributed by atoms with E-state index in [1.54, 1.807) is 16.2 Å². The summed E-state index contributed by atoms with van der Waals surface area (Å²) >= 11 is 1.64. The first kappa shape index (κ1) is 14.7. The molecule has 1 aromatic heterocycles. The Hall–Kier alpha value is -1.34. The van der Waals surface area contributed by atoms with Gasteiger partial charge in [0, 0.05) is 11.4 Å². The van der Waals surface area contributed by atoms with E-state index in [0.717, 1.165) is 4.88 Å². The third kappa shape index (κ3) is 2.91. The molecule has 1 aromatic rings. The molecule has 3 nitrogen and oxygen atoms in total. The molecule has 0 saturated carbocycles.